The summed E-state index contributed by atoms with van der Waals surface area (Å²) in [7, 11) is 0. The fraction of sp³-hybridized carbons (Fsp3) is 0.571. The maximum atomic E-state index is 11.0. The molecule has 0 fully saturated rings. The third-order valence-electron chi connectivity index (χ3n) is 4.13. The molecule has 0 amide bonds. The average molecular weight is 365 g/mol. The van der Waals surface area contributed by atoms with E-state index in [1.54, 1.807) is 11.8 Å². The van der Waals surface area contributed by atoms with Crippen LogP contribution in [0.1, 0.15) is 72.4 Å². The third-order valence-corrected chi connectivity index (χ3v) is 5.14. The lowest BCUT2D eigenvalue weighted by atomic mass is 9.79. The molecule has 0 radical (unpaired) electrons. The van der Waals surface area contributed by atoms with Gasteiger partial charge in [-0.25, -0.2) is 4.79 Å². The number of carbonyl (C=O) groups is 1. The molecule has 0 aliphatic heterocycles. The second kappa shape index (κ2) is 8.31. The van der Waals surface area contributed by atoms with Crippen LogP contribution in [0.4, 0.5) is 0 Å². The van der Waals surface area contributed by atoms with Gasteiger partial charge in [0.2, 0.25) is 0 Å². The van der Waals surface area contributed by atoms with Crippen LogP contribution < -0.4 is 0 Å². The van der Waals surface area contributed by atoms with E-state index in [9.17, 15) is 9.90 Å². The summed E-state index contributed by atoms with van der Waals surface area (Å²) in [4.78, 5) is 12.2. The van der Waals surface area contributed by atoms with Gasteiger partial charge in [0, 0.05) is 27.3 Å². The van der Waals surface area contributed by atoms with Gasteiger partial charge in [-0.15, -0.1) is 11.8 Å². The minimum absolute atomic E-state index is 0.140. The number of hydrogen-bond acceptors (Lipinski definition) is 3. The van der Waals surface area contributed by atoms with Crippen LogP contribution in [0.25, 0.3) is 0 Å². The van der Waals surface area contributed by atoms with Gasteiger partial charge in [-0.3, -0.25) is 0 Å². The molecule has 25 heavy (non-hydrogen) atoms. The van der Waals surface area contributed by atoms with Crippen molar-refractivity contribution in [3.8, 4) is 5.75 Å². The summed E-state index contributed by atoms with van der Waals surface area (Å²) in [6, 6.07) is 4.13. The Morgan fingerprint density at radius 3 is 1.92 bits per heavy atom. The third kappa shape index (κ3) is 6.10. The number of rotatable bonds is 6. The molecule has 0 bridgehead atoms. The summed E-state index contributed by atoms with van der Waals surface area (Å²) in [5.74, 6) is 0.375. The number of aromatic hydroxyl groups is 1. The first-order chi connectivity index (χ1) is 11.4. The number of allylic oxidation sites excluding steroid dienone is 1. The molecule has 140 valence electrons. The summed E-state index contributed by atoms with van der Waals surface area (Å²) in [5.41, 5.74) is 2.10. The monoisotopic (exact) mass is 364 g/mol. The largest absolute Gasteiger partial charge is 0.507 e. The first-order valence-corrected chi connectivity index (χ1v) is 9.79. The molecule has 2 N–H and O–H groups in total. The van der Waals surface area contributed by atoms with Crippen molar-refractivity contribution >= 4 is 17.7 Å². The zero-order valence-corrected chi connectivity index (χ0v) is 17.4. The molecule has 1 rings (SSSR count). The molecule has 0 aliphatic rings. The Morgan fingerprint density at radius 1 is 1.08 bits per heavy atom. The van der Waals surface area contributed by atoms with E-state index in [1.165, 1.54) is 0 Å². The van der Waals surface area contributed by atoms with Crippen molar-refractivity contribution in [2.75, 3.05) is 5.75 Å². The van der Waals surface area contributed by atoms with Gasteiger partial charge in [0.15, 0.2) is 0 Å². The molecule has 0 saturated carbocycles. The lowest BCUT2D eigenvalue weighted by molar-refractivity contribution is -0.132. The first kappa shape index (κ1) is 21.6. The first-order valence-electron chi connectivity index (χ1n) is 8.81. The van der Waals surface area contributed by atoms with Crippen LogP contribution >= 0.6 is 11.8 Å². The van der Waals surface area contributed by atoms with Gasteiger partial charge in [0.05, 0.1) is 0 Å². The van der Waals surface area contributed by atoms with Crippen LogP contribution in [0.5, 0.6) is 5.75 Å². The van der Waals surface area contributed by atoms with Crippen LogP contribution in [0.2, 0.25) is 0 Å². The zero-order chi connectivity index (χ0) is 19.4. The number of aliphatic carboxylic acids is 1. The molecular weight excluding hydrogens is 332 g/mol. The maximum absolute atomic E-state index is 11.0. The number of phenolic OH excluding ortho intramolecular Hbond substituents is 1. The van der Waals surface area contributed by atoms with Crippen LogP contribution in [0.15, 0.2) is 28.7 Å². The Kier molecular flexibility index (Phi) is 7.18. The van der Waals surface area contributed by atoms with E-state index >= 15 is 0 Å². The van der Waals surface area contributed by atoms with E-state index < -0.39 is 5.97 Å². The van der Waals surface area contributed by atoms with E-state index in [2.05, 4.69) is 53.7 Å². The van der Waals surface area contributed by atoms with Gasteiger partial charge >= 0.3 is 5.97 Å². The Balaban J connectivity index is 3.06. The number of carboxylic acids is 1. The summed E-state index contributed by atoms with van der Waals surface area (Å²) in [5, 5.41) is 19.8. The second-order valence-corrected chi connectivity index (χ2v) is 9.56. The highest BCUT2D eigenvalue weighted by molar-refractivity contribution is 7.99. The fourth-order valence-corrected chi connectivity index (χ4v) is 3.50. The molecule has 0 aromatic heterocycles. The second-order valence-electron chi connectivity index (χ2n) is 8.39. The number of thioether (sulfide) groups is 1. The zero-order valence-electron chi connectivity index (χ0n) is 16.6. The minimum atomic E-state index is -0.831. The summed E-state index contributed by atoms with van der Waals surface area (Å²) < 4.78 is 0. The van der Waals surface area contributed by atoms with E-state index in [1.807, 2.05) is 13.0 Å². The molecule has 0 aliphatic carbocycles. The van der Waals surface area contributed by atoms with Crippen molar-refractivity contribution in [2.24, 2.45) is 0 Å². The van der Waals surface area contributed by atoms with Crippen LogP contribution in [0.3, 0.4) is 0 Å². The average Bonchev–Trinajstić information content (AvgIpc) is 2.45. The normalized spacial score (nSPS) is 13.2. The van der Waals surface area contributed by atoms with Gasteiger partial charge < -0.3 is 10.2 Å². The van der Waals surface area contributed by atoms with E-state index in [0.717, 1.165) is 28.2 Å². The molecule has 1 aromatic carbocycles. The van der Waals surface area contributed by atoms with Crippen LogP contribution in [-0.2, 0) is 15.6 Å². The SMILES string of the molecule is CCC(=CCCSc1cc(C(C)(C)C)c(O)c(C(C)(C)C)c1)C(=O)O. The van der Waals surface area contributed by atoms with Crippen molar-refractivity contribution in [3.63, 3.8) is 0 Å². The number of phenols is 1. The Hall–Kier alpha value is -1.42. The van der Waals surface area contributed by atoms with Crippen LogP contribution in [-0.4, -0.2) is 21.9 Å². The highest BCUT2D eigenvalue weighted by atomic mass is 32.2. The van der Waals surface area contributed by atoms with Crippen molar-refractivity contribution in [1.82, 2.24) is 0 Å². The summed E-state index contributed by atoms with van der Waals surface area (Å²) >= 11 is 1.71. The van der Waals surface area contributed by atoms with Gasteiger partial charge in [-0.2, -0.15) is 0 Å². The van der Waals surface area contributed by atoms with Crippen molar-refractivity contribution < 1.29 is 15.0 Å². The molecular formula is C21H32O3S. The lowest BCUT2D eigenvalue weighted by Gasteiger charge is -2.28. The smallest absolute Gasteiger partial charge is 0.331 e. The Labute approximate surface area is 156 Å². The topological polar surface area (TPSA) is 57.5 Å². The number of carboxylic acid groups (broad SMARTS) is 1. The van der Waals surface area contributed by atoms with E-state index in [4.69, 9.17) is 5.11 Å². The minimum Gasteiger partial charge on any atom is -0.507 e. The predicted molar refractivity (Wildman–Crippen MR) is 107 cm³/mol. The predicted octanol–water partition coefficient (Wildman–Crippen LogP) is 5.89. The highest BCUT2D eigenvalue weighted by Crippen LogP contribution is 2.41. The fourth-order valence-electron chi connectivity index (χ4n) is 2.63. The lowest BCUT2D eigenvalue weighted by Crippen LogP contribution is -2.17. The number of benzene rings is 1. The Bertz CT molecular complexity index is 611. The quantitative estimate of drug-likeness (QED) is 0.375. The van der Waals surface area contributed by atoms with Crippen molar-refractivity contribution in [2.45, 2.75) is 77.0 Å². The molecule has 0 saturated heterocycles. The molecule has 0 atom stereocenters. The molecule has 0 spiro atoms. The standard InChI is InChI=1S/C21H32O3S/c1-8-14(19(23)24)10-9-11-25-15-12-16(20(2,3)4)18(22)17(13-15)21(5,6)7/h10,12-13,22H,8-9,11H2,1-7H3,(H,23,24). The number of hydrogen-bond donors (Lipinski definition) is 2. The van der Waals surface area contributed by atoms with Gasteiger partial charge in [-0.1, -0.05) is 54.5 Å². The molecule has 0 unspecified atom stereocenters. The van der Waals surface area contributed by atoms with Crippen LogP contribution in [0, 0.1) is 0 Å². The summed E-state index contributed by atoms with van der Waals surface area (Å²) in [6.07, 6.45) is 3.07. The summed E-state index contributed by atoms with van der Waals surface area (Å²) in [6.45, 7) is 14.5. The van der Waals surface area contributed by atoms with Crippen molar-refractivity contribution in [3.05, 3.63) is 34.9 Å². The van der Waals surface area contributed by atoms with E-state index in [-0.39, 0.29) is 10.8 Å². The highest BCUT2D eigenvalue weighted by Gasteiger charge is 2.26. The maximum Gasteiger partial charge on any atom is 0.331 e. The van der Waals surface area contributed by atoms with E-state index in [0.29, 0.717) is 17.7 Å². The molecule has 3 nitrogen and oxygen atoms in total. The Morgan fingerprint density at radius 2 is 1.56 bits per heavy atom. The molecule has 0 heterocycles. The molecule has 4 heteroatoms. The van der Waals surface area contributed by atoms with Gasteiger partial charge in [0.25, 0.3) is 0 Å². The van der Waals surface area contributed by atoms with Gasteiger partial charge in [0.1, 0.15) is 5.75 Å². The molecule has 1 aromatic rings. The van der Waals surface area contributed by atoms with Gasteiger partial charge in [-0.05, 0) is 35.8 Å². The van der Waals surface area contributed by atoms with Crippen molar-refractivity contribution in [1.29, 1.82) is 0 Å².